The molecular formula is C13H19NO. The van der Waals surface area contributed by atoms with Crippen LogP contribution in [0.1, 0.15) is 39.0 Å². The van der Waals surface area contributed by atoms with Crippen molar-refractivity contribution in [2.24, 2.45) is 5.92 Å². The summed E-state index contributed by atoms with van der Waals surface area (Å²) in [6.45, 7) is 6.52. The van der Waals surface area contributed by atoms with Crippen molar-refractivity contribution >= 4 is 5.78 Å². The maximum atomic E-state index is 11.7. The monoisotopic (exact) mass is 205 g/mol. The molecule has 3 saturated heterocycles. The average Bonchev–Trinajstić information content (AvgIpc) is 2.58. The summed E-state index contributed by atoms with van der Waals surface area (Å²) in [5.74, 6) is 1.20. The van der Waals surface area contributed by atoms with Crippen molar-refractivity contribution in [3.63, 3.8) is 0 Å². The van der Waals surface area contributed by atoms with Gasteiger partial charge in [0.05, 0.1) is 0 Å². The average molecular weight is 205 g/mol. The summed E-state index contributed by atoms with van der Waals surface area (Å²) in [5.41, 5.74) is 1.30. The van der Waals surface area contributed by atoms with Crippen LogP contribution in [-0.2, 0) is 4.79 Å². The van der Waals surface area contributed by atoms with Crippen molar-refractivity contribution < 1.29 is 4.79 Å². The normalized spacial score (nSPS) is 45.7. The Morgan fingerprint density at radius 1 is 1.27 bits per heavy atom. The first-order valence-electron chi connectivity index (χ1n) is 6.13. The van der Waals surface area contributed by atoms with Crippen LogP contribution in [0, 0.1) is 5.92 Å². The van der Waals surface area contributed by atoms with E-state index in [9.17, 15) is 4.79 Å². The number of carbonyl (C=O) groups excluding carboxylic acids is 1. The van der Waals surface area contributed by atoms with Crippen LogP contribution in [-0.4, -0.2) is 28.8 Å². The lowest BCUT2D eigenvalue weighted by Gasteiger charge is -2.47. The molecule has 3 aliphatic rings. The molecule has 0 aromatic carbocycles. The number of hydrogen-bond donors (Lipinski definition) is 0. The Kier molecular flexibility index (Phi) is 2.03. The van der Waals surface area contributed by atoms with Gasteiger partial charge in [0.25, 0.3) is 0 Å². The first-order chi connectivity index (χ1) is 7.16. The lowest BCUT2D eigenvalue weighted by atomic mass is 9.80. The molecule has 0 spiro atoms. The summed E-state index contributed by atoms with van der Waals surface area (Å²) < 4.78 is 0. The maximum absolute atomic E-state index is 11.7. The van der Waals surface area contributed by atoms with Gasteiger partial charge in [-0.1, -0.05) is 19.1 Å². The molecule has 15 heavy (non-hydrogen) atoms. The minimum Gasteiger partial charge on any atom is -0.300 e. The zero-order chi connectivity index (χ0) is 10.6. The zero-order valence-electron chi connectivity index (χ0n) is 9.41. The third-order valence-electron chi connectivity index (χ3n) is 4.56. The molecule has 0 bridgehead atoms. The summed E-state index contributed by atoms with van der Waals surface area (Å²) in [5, 5.41) is 0. The summed E-state index contributed by atoms with van der Waals surface area (Å²) >= 11 is 0. The van der Waals surface area contributed by atoms with Crippen molar-refractivity contribution in [3.05, 3.63) is 12.2 Å². The number of piperidine rings is 2. The third kappa shape index (κ3) is 1.31. The first-order valence-corrected chi connectivity index (χ1v) is 6.13. The van der Waals surface area contributed by atoms with Gasteiger partial charge in [0.2, 0.25) is 0 Å². The van der Waals surface area contributed by atoms with Crippen LogP contribution < -0.4 is 0 Å². The van der Waals surface area contributed by atoms with Gasteiger partial charge in [0.15, 0.2) is 0 Å². The van der Waals surface area contributed by atoms with Crippen molar-refractivity contribution in [1.29, 1.82) is 0 Å². The van der Waals surface area contributed by atoms with E-state index in [1.54, 1.807) is 0 Å². The van der Waals surface area contributed by atoms with Gasteiger partial charge in [0.1, 0.15) is 5.78 Å². The number of rotatable bonds is 0. The molecule has 82 valence electrons. The lowest BCUT2D eigenvalue weighted by molar-refractivity contribution is -0.125. The third-order valence-corrected chi connectivity index (χ3v) is 4.56. The highest BCUT2D eigenvalue weighted by Crippen LogP contribution is 2.44. The van der Waals surface area contributed by atoms with E-state index in [-0.39, 0.29) is 0 Å². The fraction of sp³-hybridized carbons (Fsp3) is 0.769. The molecule has 3 rings (SSSR count). The van der Waals surface area contributed by atoms with Gasteiger partial charge in [-0.25, -0.2) is 0 Å². The number of carbonyl (C=O) groups is 1. The van der Waals surface area contributed by atoms with Crippen LogP contribution >= 0.6 is 0 Å². The second-order valence-electron chi connectivity index (χ2n) is 5.55. The molecule has 0 aliphatic carbocycles. The van der Waals surface area contributed by atoms with Gasteiger partial charge in [-0.15, -0.1) is 0 Å². The van der Waals surface area contributed by atoms with E-state index in [1.807, 2.05) is 0 Å². The topological polar surface area (TPSA) is 20.3 Å². The highest BCUT2D eigenvalue weighted by Gasteiger charge is 2.48. The molecule has 0 N–H and O–H groups in total. The number of ketones is 1. The van der Waals surface area contributed by atoms with E-state index >= 15 is 0 Å². The van der Waals surface area contributed by atoms with Crippen LogP contribution in [0.2, 0.25) is 0 Å². The van der Waals surface area contributed by atoms with Crippen LogP contribution in [0.3, 0.4) is 0 Å². The van der Waals surface area contributed by atoms with Crippen molar-refractivity contribution in [2.75, 3.05) is 0 Å². The molecule has 0 saturated carbocycles. The Balaban J connectivity index is 1.94. The minimum atomic E-state index is 0.389. The Morgan fingerprint density at radius 2 is 2.07 bits per heavy atom. The molecule has 0 unspecified atom stereocenters. The highest BCUT2D eigenvalue weighted by molar-refractivity contribution is 5.81. The van der Waals surface area contributed by atoms with Crippen LogP contribution in [0.25, 0.3) is 0 Å². The standard InChI is InChI=1S/C13H19NO/c1-8-5-9(2)13-7-11(15)6-10-3-4-12(8)14(10)13/h8,10,12-13H,2-7H2,1H3/t8-,10+,12+,13+/m0/s1. The molecule has 4 atom stereocenters. The maximum Gasteiger partial charge on any atom is 0.136 e. The van der Waals surface area contributed by atoms with Gasteiger partial charge in [-0.05, 0) is 25.2 Å². The second kappa shape index (κ2) is 3.18. The fourth-order valence-electron chi connectivity index (χ4n) is 3.91. The molecule has 2 heteroatoms. The summed E-state index contributed by atoms with van der Waals surface area (Å²) in [6, 6.07) is 1.67. The zero-order valence-corrected chi connectivity index (χ0v) is 9.41. The van der Waals surface area contributed by atoms with E-state index in [0.717, 1.165) is 31.2 Å². The van der Waals surface area contributed by atoms with E-state index in [2.05, 4.69) is 18.4 Å². The molecular weight excluding hydrogens is 186 g/mol. The van der Waals surface area contributed by atoms with Crippen molar-refractivity contribution in [3.8, 4) is 0 Å². The SMILES string of the molecule is C=C1C[C@H](C)[C@H]2CC[C@@H]3CC(=O)C[C@H]1N32. The van der Waals surface area contributed by atoms with Crippen LogP contribution in [0.4, 0.5) is 0 Å². The molecule has 0 amide bonds. The lowest BCUT2D eigenvalue weighted by Crippen LogP contribution is -2.55. The number of hydrogen-bond acceptors (Lipinski definition) is 2. The minimum absolute atomic E-state index is 0.389. The van der Waals surface area contributed by atoms with E-state index in [4.69, 9.17) is 0 Å². The summed E-state index contributed by atoms with van der Waals surface area (Å²) in [7, 11) is 0. The van der Waals surface area contributed by atoms with Crippen LogP contribution in [0.15, 0.2) is 12.2 Å². The quantitative estimate of drug-likeness (QED) is 0.565. The molecule has 3 aliphatic heterocycles. The van der Waals surface area contributed by atoms with E-state index < -0.39 is 0 Å². The molecule has 0 aromatic heterocycles. The van der Waals surface area contributed by atoms with Crippen LogP contribution in [0.5, 0.6) is 0 Å². The van der Waals surface area contributed by atoms with E-state index in [0.29, 0.717) is 17.9 Å². The van der Waals surface area contributed by atoms with Gasteiger partial charge in [0, 0.05) is 31.0 Å². The fourth-order valence-corrected chi connectivity index (χ4v) is 3.91. The molecule has 3 fully saturated rings. The van der Waals surface area contributed by atoms with Gasteiger partial charge < -0.3 is 0 Å². The largest absolute Gasteiger partial charge is 0.300 e. The van der Waals surface area contributed by atoms with Gasteiger partial charge in [-0.3, -0.25) is 9.69 Å². The number of nitrogens with zero attached hydrogens (tertiary/aromatic N) is 1. The van der Waals surface area contributed by atoms with Gasteiger partial charge in [-0.2, -0.15) is 0 Å². The predicted octanol–water partition coefficient (Wildman–Crippen LogP) is 2.15. The smallest absolute Gasteiger partial charge is 0.136 e. The van der Waals surface area contributed by atoms with Gasteiger partial charge >= 0.3 is 0 Å². The molecule has 0 aromatic rings. The predicted molar refractivity (Wildman–Crippen MR) is 59.6 cm³/mol. The molecule has 2 nitrogen and oxygen atoms in total. The Bertz CT molecular complexity index is 322. The summed E-state index contributed by atoms with van der Waals surface area (Å²) in [6.07, 6.45) is 5.19. The molecule has 3 heterocycles. The Labute approximate surface area is 91.3 Å². The Hall–Kier alpha value is -0.630. The van der Waals surface area contributed by atoms with Crippen molar-refractivity contribution in [2.45, 2.75) is 57.2 Å². The Morgan fingerprint density at radius 3 is 2.87 bits per heavy atom. The highest BCUT2D eigenvalue weighted by atomic mass is 16.1. The summed E-state index contributed by atoms with van der Waals surface area (Å²) in [4.78, 5) is 14.3. The molecule has 0 radical (unpaired) electrons. The first kappa shape index (κ1) is 9.59. The van der Waals surface area contributed by atoms with E-state index in [1.165, 1.54) is 18.4 Å². The second-order valence-corrected chi connectivity index (χ2v) is 5.55. The number of Topliss-reactive ketones (excluding diaryl/α,β-unsaturated/α-hetero) is 1. The van der Waals surface area contributed by atoms with Crippen molar-refractivity contribution in [1.82, 2.24) is 4.90 Å².